The molecule has 0 radical (unpaired) electrons. The number of phenols is 1. The second-order valence-electron chi connectivity index (χ2n) is 4.71. The van der Waals surface area contributed by atoms with Crippen molar-refractivity contribution in [2.75, 3.05) is 19.8 Å². The van der Waals surface area contributed by atoms with Gasteiger partial charge in [-0.25, -0.2) is 0 Å². The average molecular weight is 235 g/mol. The Morgan fingerprint density at radius 1 is 1.18 bits per heavy atom. The highest BCUT2D eigenvalue weighted by molar-refractivity contribution is 5.65. The second-order valence-corrected chi connectivity index (χ2v) is 4.71. The number of benzene rings is 1. The topological polar surface area (TPSA) is 64.7 Å². The van der Waals surface area contributed by atoms with E-state index in [1.54, 1.807) is 0 Å². The molecule has 3 N–H and O–H groups in total. The standard InChI is InChI=1S/C13H17NO3/c1-7(6-14)10-8-2-4-17-13(8)11(15)9-3-5-16-12(9)10/h7,15H,2-6,14H2,1H3. The molecule has 1 aromatic rings. The molecular weight excluding hydrogens is 218 g/mol. The van der Waals surface area contributed by atoms with Crippen molar-refractivity contribution in [3.63, 3.8) is 0 Å². The molecule has 4 heteroatoms. The number of hydrogen-bond acceptors (Lipinski definition) is 4. The molecule has 1 atom stereocenters. The zero-order valence-electron chi connectivity index (χ0n) is 9.95. The lowest BCUT2D eigenvalue weighted by Gasteiger charge is -2.18. The summed E-state index contributed by atoms with van der Waals surface area (Å²) in [7, 11) is 0. The molecule has 2 heterocycles. The van der Waals surface area contributed by atoms with E-state index in [1.165, 1.54) is 0 Å². The molecule has 0 aliphatic carbocycles. The first-order valence-electron chi connectivity index (χ1n) is 6.10. The van der Waals surface area contributed by atoms with Crippen LogP contribution in [-0.4, -0.2) is 24.9 Å². The fourth-order valence-corrected chi connectivity index (χ4v) is 2.76. The summed E-state index contributed by atoms with van der Waals surface area (Å²) in [6, 6.07) is 0. The van der Waals surface area contributed by atoms with Crippen LogP contribution in [0.5, 0.6) is 17.2 Å². The highest BCUT2D eigenvalue weighted by Gasteiger charge is 2.32. The van der Waals surface area contributed by atoms with E-state index in [-0.39, 0.29) is 11.7 Å². The number of nitrogens with two attached hydrogens (primary N) is 1. The molecular formula is C13H17NO3. The minimum absolute atomic E-state index is 0.234. The summed E-state index contributed by atoms with van der Waals surface area (Å²) in [5.41, 5.74) is 8.89. The summed E-state index contributed by atoms with van der Waals surface area (Å²) in [5.74, 6) is 2.02. The first kappa shape index (κ1) is 10.7. The van der Waals surface area contributed by atoms with E-state index in [0.29, 0.717) is 25.5 Å². The summed E-state index contributed by atoms with van der Waals surface area (Å²) in [6.07, 6.45) is 1.58. The van der Waals surface area contributed by atoms with E-state index in [4.69, 9.17) is 15.2 Å². The Bertz CT molecular complexity index is 435. The van der Waals surface area contributed by atoms with E-state index in [1.807, 2.05) is 0 Å². The Morgan fingerprint density at radius 2 is 1.82 bits per heavy atom. The molecule has 0 saturated carbocycles. The van der Waals surface area contributed by atoms with Crippen molar-refractivity contribution in [1.82, 2.24) is 0 Å². The maximum atomic E-state index is 10.2. The smallest absolute Gasteiger partial charge is 0.165 e. The number of fused-ring (bicyclic) bond motifs is 2. The maximum Gasteiger partial charge on any atom is 0.165 e. The first-order valence-corrected chi connectivity index (χ1v) is 6.10. The van der Waals surface area contributed by atoms with Crippen molar-refractivity contribution in [2.45, 2.75) is 25.7 Å². The molecule has 0 bridgehead atoms. The average Bonchev–Trinajstić information content (AvgIpc) is 2.96. The Hall–Kier alpha value is -1.42. The van der Waals surface area contributed by atoms with Crippen LogP contribution in [0.15, 0.2) is 0 Å². The van der Waals surface area contributed by atoms with Crippen molar-refractivity contribution in [2.24, 2.45) is 5.73 Å². The van der Waals surface area contributed by atoms with Gasteiger partial charge in [0.15, 0.2) is 11.5 Å². The van der Waals surface area contributed by atoms with E-state index in [0.717, 1.165) is 35.3 Å². The Kier molecular flexibility index (Phi) is 2.40. The van der Waals surface area contributed by atoms with Crippen LogP contribution in [0.4, 0.5) is 0 Å². The van der Waals surface area contributed by atoms with Gasteiger partial charge in [0, 0.05) is 29.5 Å². The largest absolute Gasteiger partial charge is 0.504 e. The fraction of sp³-hybridized carbons (Fsp3) is 0.538. The van der Waals surface area contributed by atoms with Gasteiger partial charge in [-0.2, -0.15) is 0 Å². The van der Waals surface area contributed by atoms with Gasteiger partial charge in [0.1, 0.15) is 5.75 Å². The molecule has 1 unspecified atom stereocenters. The molecule has 0 fully saturated rings. The van der Waals surface area contributed by atoms with Crippen molar-refractivity contribution in [1.29, 1.82) is 0 Å². The van der Waals surface area contributed by atoms with Crippen LogP contribution in [0.25, 0.3) is 0 Å². The highest BCUT2D eigenvalue weighted by atomic mass is 16.5. The van der Waals surface area contributed by atoms with E-state index < -0.39 is 0 Å². The van der Waals surface area contributed by atoms with E-state index in [9.17, 15) is 5.11 Å². The lowest BCUT2D eigenvalue weighted by atomic mass is 9.90. The lowest BCUT2D eigenvalue weighted by molar-refractivity contribution is 0.333. The lowest BCUT2D eigenvalue weighted by Crippen LogP contribution is -2.12. The number of rotatable bonds is 2. The molecule has 2 aliphatic heterocycles. The van der Waals surface area contributed by atoms with Crippen LogP contribution in [-0.2, 0) is 12.8 Å². The Morgan fingerprint density at radius 3 is 2.53 bits per heavy atom. The third kappa shape index (κ3) is 1.40. The molecule has 92 valence electrons. The maximum absolute atomic E-state index is 10.2. The predicted molar refractivity (Wildman–Crippen MR) is 64.0 cm³/mol. The molecule has 4 nitrogen and oxygen atoms in total. The molecule has 0 amide bonds. The molecule has 2 aliphatic rings. The summed E-state index contributed by atoms with van der Waals surface area (Å²) >= 11 is 0. The Labute approximate surface area is 100 Å². The monoisotopic (exact) mass is 235 g/mol. The fourth-order valence-electron chi connectivity index (χ4n) is 2.76. The van der Waals surface area contributed by atoms with Gasteiger partial charge in [0.25, 0.3) is 0 Å². The summed E-state index contributed by atoms with van der Waals surface area (Å²) < 4.78 is 11.2. The van der Waals surface area contributed by atoms with Crippen molar-refractivity contribution in [3.8, 4) is 17.2 Å². The van der Waals surface area contributed by atoms with Gasteiger partial charge in [0.05, 0.1) is 13.2 Å². The van der Waals surface area contributed by atoms with Crippen LogP contribution < -0.4 is 15.2 Å². The van der Waals surface area contributed by atoms with Gasteiger partial charge in [-0.15, -0.1) is 0 Å². The molecule has 3 rings (SSSR count). The van der Waals surface area contributed by atoms with Gasteiger partial charge in [-0.05, 0) is 12.5 Å². The zero-order chi connectivity index (χ0) is 12.0. The van der Waals surface area contributed by atoms with Crippen LogP contribution in [0.2, 0.25) is 0 Å². The normalized spacial score (nSPS) is 18.2. The van der Waals surface area contributed by atoms with Crippen molar-refractivity contribution >= 4 is 0 Å². The molecule has 0 aromatic heterocycles. The molecule has 1 aromatic carbocycles. The van der Waals surface area contributed by atoms with E-state index in [2.05, 4.69) is 6.92 Å². The number of ether oxygens (including phenoxy) is 2. The minimum Gasteiger partial charge on any atom is -0.504 e. The second kappa shape index (κ2) is 3.81. The van der Waals surface area contributed by atoms with Gasteiger partial charge in [-0.3, -0.25) is 0 Å². The molecule has 17 heavy (non-hydrogen) atoms. The van der Waals surface area contributed by atoms with Crippen LogP contribution in [0.1, 0.15) is 29.5 Å². The van der Waals surface area contributed by atoms with Crippen LogP contribution in [0.3, 0.4) is 0 Å². The zero-order valence-corrected chi connectivity index (χ0v) is 9.95. The number of hydrogen-bond donors (Lipinski definition) is 2. The number of aromatic hydroxyl groups is 1. The first-order chi connectivity index (χ1) is 8.24. The van der Waals surface area contributed by atoms with Crippen LogP contribution >= 0.6 is 0 Å². The SMILES string of the molecule is CC(CN)c1c2c(c(O)c3c1OCC3)OCC2. The van der Waals surface area contributed by atoms with Gasteiger partial charge in [-0.1, -0.05) is 6.92 Å². The molecule has 0 spiro atoms. The third-order valence-corrected chi connectivity index (χ3v) is 3.66. The van der Waals surface area contributed by atoms with Gasteiger partial charge >= 0.3 is 0 Å². The van der Waals surface area contributed by atoms with Crippen LogP contribution in [0, 0.1) is 0 Å². The Balaban J connectivity index is 2.26. The quantitative estimate of drug-likeness (QED) is 0.811. The van der Waals surface area contributed by atoms with Gasteiger partial charge in [0.2, 0.25) is 0 Å². The third-order valence-electron chi connectivity index (χ3n) is 3.66. The summed E-state index contributed by atoms with van der Waals surface area (Å²) in [4.78, 5) is 0. The summed E-state index contributed by atoms with van der Waals surface area (Å²) in [5, 5.41) is 10.2. The summed E-state index contributed by atoms with van der Waals surface area (Å²) in [6.45, 7) is 3.94. The predicted octanol–water partition coefficient (Wildman–Crippen LogP) is 1.32. The van der Waals surface area contributed by atoms with E-state index >= 15 is 0 Å². The van der Waals surface area contributed by atoms with Crippen molar-refractivity contribution in [3.05, 3.63) is 16.7 Å². The van der Waals surface area contributed by atoms with Gasteiger partial charge < -0.3 is 20.3 Å². The van der Waals surface area contributed by atoms with Crippen molar-refractivity contribution < 1.29 is 14.6 Å². The molecule has 0 saturated heterocycles. The highest BCUT2D eigenvalue weighted by Crippen LogP contribution is 2.50. The minimum atomic E-state index is 0.234. The number of phenolic OH excluding ortho intramolecular Hbond substituents is 1.